The van der Waals surface area contributed by atoms with E-state index in [-0.39, 0.29) is 11.7 Å². The first-order valence-electron chi connectivity index (χ1n) is 6.12. The Labute approximate surface area is 100 Å². The first-order chi connectivity index (χ1) is 8.18. The molecular weight excluding hydrogens is 216 g/mol. The Morgan fingerprint density at radius 1 is 1.41 bits per heavy atom. The molecule has 3 nitrogen and oxygen atoms in total. The summed E-state index contributed by atoms with van der Waals surface area (Å²) in [6, 6.07) is 5.63. The number of benzene rings is 1. The van der Waals surface area contributed by atoms with E-state index in [0.29, 0.717) is 17.7 Å². The minimum atomic E-state index is -1.17. The van der Waals surface area contributed by atoms with E-state index >= 15 is 0 Å². The van der Waals surface area contributed by atoms with E-state index in [1.807, 2.05) is 12.1 Å². The zero-order valence-electron chi connectivity index (χ0n) is 9.90. The topological polar surface area (TPSA) is 46.5 Å². The van der Waals surface area contributed by atoms with Gasteiger partial charge >= 0.3 is 0 Å². The SMILES string of the molecule is COc1cccc2c1C(=O)C1(O)CCCCC21. The van der Waals surface area contributed by atoms with Gasteiger partial charge in [0, 0.05) is 5.92 Å². The molecule has 1 fully saturated rings. The van der Waals surface area contributed by atoms with Crippen molar-refractivity contribution in [3.05, 3.63) is 29.3 Å². The molecule has 0 radical (unpaired) electrons. The first-order valence-corrected chi connectivity index (χ1v) is 6.12. The van der Waals surface area contributed by atoms with Crippen LogP contribution in [0.15, 0.2) is 18.2 Å². The highest BCUT2D eigenvalue weighted by atomic mass is 16.5. The normalized spacial score (nSPS) is 30.9. The number of methoxy groups -OCH3 is 1. The van der Waals surface area contributed by atoms with Crippen molar-refractivity contribution < 1.29 is 14.6 Å². The van der Waals surface area contributed by atoms with Crippen LogP contribution in [0.4, 0.5) is 0 Å². The maximum absolute atomic E-state index is 12.4. The van der Waals surface area contributed by atoms with Crippen LogP contribution in [0, 0.1) is 0 Å². The van der Waals surface area contributed by atoms with Gasteiger partial charge in [-0.3, -0.25) is 4.79 Å². The van der Waals surface area contributed by atoms with Gasteiger partial charge in [0.2, 0.25) is 0 Å². The Morgan fingerprint density at radius 2 is 2.24 bits per heavy atom. The molecule has 2 unspecified atom stereocenters. The summed E-state index contributed by atoms with van der Waals surface area (Å²) in [5.41, 5.74) is 0.399. The van der Waals surface area contributed by atoms with Crippen LogP contribution in [0.5, 0.6) is 5.75 Å². The van der Waals surface area contributed by atoms with Gasteiger partial charge in [-0.1, -0.05) is 25.0 Å². The largest absolute Gasteiger partial charge is 0.496 e. The monoisotopic (exact) mass is 232 g/mol. The van der Waals surface area contributed by atoms with E-state index in [1.54, 1.807) is 13.2 Å². The fourth-order valence-electron chi connectivity index (χ4n) is 3.31. The average Bonchev–Trinajstić information content (AvgIpc) is 2.59. The van der Waals surface area contributed by atoms with Gasteiger partial charge in [0.25, 0.3) is 0 Å². The second-order valence-electron chi connectivity index (χ2n) is 4.98. The number of Topliss-reactive ketones (excluding diaryl/α,β-unsaturated/α-hetero) is 1. The van der Waals surface area contributed by atoms with Crippen molar-refractivity contribution >= 4 is 5.78 Å². The number of rotatable bonds is 1. The van der Waals surface area contributed by atoms with Crippen LogP contribution in [0.25, 0.3) is 0 Å². The fourth-order valence-corrected chi connectivity index (χ4v) is 3.31. The van der Waals surface area contributed by atoms with Crippen molar-refractivity contribution in [3.8, 4) is 5.75 Å². The molecule has 0 amide bonds. The van der Waals surface area contributed by atoms with Crippen LogP contribution < -0.4 is 4.74 Å². The highest BCUT2D eigenvalue weighted by Gasteiger charge is 2.53. The number of ketones is 1. The van der Waals surface area contributed by atoms with Gasteiger partial charge in [-0.2, -0.15) is 0 Å². The average molecular weight is 232 g/mol. The summed E-state index contributed by atoms with van der Waals surface area (Å²) in [6.45, 7) is 0. The summed E-state index contributed by atoms with van der Waals surface area (Å²) in [5.74, 6) is 0.416. The molecule has 1 saturated carbocycles. The van der Waals surface area contributed by atoms with Gasteiger partial charge in [0.15, 0.2) is 5.78 Å². The van der Waals surface area contributed by atoms with Gasteiger partial charge in [0.05, 0.1) is 12.7 Å². The number of hydrogen-bond donors (Lipinski definition) is 1. The van der Waals surface area contributed by atoms with Crippen molar-refractivity contribution in [1.82, 2.24) is 0 Å². The van der Waals surface area contributed by atoms with Gasteiger partial charge in [0.1, 0.15) is 11.4 Å². The number of ether oxygens (including phenoxy) is 1. The Morgan fingerprint density at radius 3 is 3.00 bits per heavy atom. The molecule has 1 aromatic rings. The maximum atomic E-state index is 12.4. The van der Waals surface area contributed by atoms with Gasteiger partial charge < -0.3 is 9.84 Å². The van der Waals surface area contributed by atoms with Gasteiger partial charge in [-0.05, 0) is 24.5 Å². The number of hydrogen-bond acceptors (Lipinski definition) is 3. The molecule has 1 aromatic carbocycles. The van der Waals surface area contributed by atoms with Crippen LogP contribution in [0.2, 0.25) is 0 Å². The molecule has 2 atom stereocenters. The second kappa shape index (κ2) is 3.57. The molecule has 17 heavy (non-hydrogen) atoms. The van der Waals surface area contributed by atoms with E-state index in [1.165, 1.54) is 0 Å². The molecule has 0 bridgehead atoms. The Balaban J connectivity index is 2.19. The second-order valence-corrected chi connectivity index (χ2v) is 4.98. The Kier molecular flexibility index (Phi) is 2.26. The molecule has 0 heterocycles. The van der Waals surface area contributed by atoms with Crippen molar-refractivity contribution in [2.24, 2.45) is 0 Å². The molecule has 3 rings (SSSR count). The van der Waals surface area contributed by atoms with Crippen molar-refractivity contribution in [2.75, 3.05) is 7.11 Å². The highest BCUT2D eigenvalue weighted by molar-refractivity contribution is 6.09. The quantitative estimate of drug-likeness (QED) is 0.808. The summed E-state index contributed by atoms with van der Waals surface area (Å²) in [5, 5.41) is 10.6. The summed E-state index contributed by atoms with van der Waals surface area (Å²) in [4.78, 5) is 12.4. The number of carbonyl (C=O) groups excluding carboxylic acids is 1. The van der Waals surface area contributed by atoms with Gasteiger partial charge in [-0.25, -0.2) is 0 Å². The molecule has 0 aromatic heterocycles. The van der Waals surface area contributed by atoms with E-state index < -0.39 is 5.60 Å². The lowest BCUT2D eigenvalue weighted by Gasteiger charge is -2.33. The standard InChI is InChI=1S/C14H16O3/c1-17-11-7-4-5-9-10-6-2-3-8-14(10,16)13(15)12(9)11/h4-5,7,10,16H,2-3,6,8H2,1H3. The summed E-state index contributed by atoms with van der Waals surface area (Å²) >= 11 is 0. The summed E-state index contributed by atoms with van der Waals surface area (Å²) < 4.78 is 5.25. The Hall–Kier alpha value is -1.35. The van der Waals surface area contributed by atoms with Crippen LogP contribution in [-0.4, -0.2) is 23.6 Å². The molecule has 0 saturated heterocycles. The molecule has 1 N–H and O–H groups in total. The van der Waals surface area contributed by atoms with E-state index in [2.05, 4.69) is 0 Å². The highest BCUT2D eigenvalue weighted by Crippen LogP contribution is 2.51. The molecule has 3 heteroatoms. The minimum Gasteiger partial charge on any atom is -0.496 e. The third-order valence-electron chi connectivity index (χ3n) is 4.15. The molecule has 2 aliphatic carbocycles. The van der Waals surface area contributed by atoms with Crippen LogP contribution in [0.1, 0.15) is 47.5 Å². The predicted octanol–water partition coefficient (Wildman–Crippen LogP) is 2.28. The third-order valence-corrected chi connectivity index (χ3v) is 4.15. The van der Waals surface area contributed by atoms with E-state index in [0.717, 1.165) is 24.8 Å². The molecule has 2 aliphatic rings. The lowest BCUT2D eigenvalue weighted by molar-refractivity contribution is 0.00488. The van der Waals surface area contributed by atoms with Crippen molar-refractivity contribution in [3.63, 3.8) is 0 Å². The van der Waals surface area contributed by atoms with Crippen molar-refractivity contribution in [2.45, 2.75) is 37.2 Å². The van der Waals surface area contributed by atoms with Crippen molar-refractivity contribution in [1.29, 1.82) is 0 Å². The van der Waals surface area contributed by atoms with E-state index in [4.69, 9.17) is 4.74 Å². The van der Waals surface area contributed by atoms with E-state index in [9.17, 15) is 9.90 Å². The zero-order chi connectivity index (χ0) is 12.0. The summed E-state index contributed by atoms with van der Waals surface area (Å²) in [6.07, 6.45) is 3.47. The minimum absolute atomic E-state index is 0.0335. The Bertz CT molecular complexity index is 480. The lowest BCUT2D eigenvalue weighted by Crippen LogP contribution is -2.41. The zero-order valence-corrected chi connectivity index (χ0v) is 9.90. The predicted molar refractivity (Wildman–Crippen MR) is 63.5 cm³/mol. The van der Waals surface area contributed by atoms with Gasteiger partial charge in [-0.15, -0.1) is 0 Å². The summed E-state index contributed by atoms with van der Waals surface area (Å²) in [7, 11) is 1.56. The van der Waals surface area contributed by atoms with Crippen LogP contribution >= 0.6 is 0 Å². The third kappa shape index (κ3) is 1.29. The number of fused-ring (bicyclic) bond motifs is 3. The molecule has 0 aliphatic heterocycles. The molecular formula is C14H16O3. The number of carbonyl (C=O) groups is 1. The number of aliphatic hydroxyl groups is 1. The molecule has 90 valence electrons. The first kappa shape index (κ1) is 10.8. The molecule has 0 spiro atoms. The van der Waals surface area contributed by atoms with Crippen LogP contribution in [0.3, 0.4) is 0 Å². The lowest BCUT2D eigenvalue weighted by atomic mass is 9.75. The smallest absolute Gasteiger partial charge is 0.198 e. The maximum Gasteiger partial charge on any atom is 0.198 e. The van der Waals surface area contributed by atoms with Crippen LogP contribution in [-0.2, 0) is 0 Å². The fraction of sp³-hybridized carbons (Fsp3) is 0.500.